The summed E-state index contributed by atoms with van der Waals surface area (Å²) in [4.78, 5) is 9.66. The Morgan fingerprint density at radius 2 is 1.62 bits per heavy atom. The van der Waals surface area contributed by atoms with Crippen molar-refractivity contribution in [2.75, 3.05) is 43.9 Å². The van der Waals surface area contributed by atoms with Gasteiger partial charge in [-0.15, -0.1) is 0 Å². The highest BCUT2D eigenvalue weighted by Gasteiger charge is 2.16. The second-order valence-electron chi connectivity index (χ2n) is 10.9. The lowest BCUT2D eigenvalue weighted by molar-refractivity contribution is 0.371. The third kappa shape index (κ3) is 8.27. The van der Waals surface area contributed by atoms with E-state index in [1.54, 1.807) is 7.11 Å². The smallest absolute Gasteiger partial charge is 0.225 e. The van der Waals surface area contributed by atoms with Crippen molar-refractivity contribution in [3.8, 4) is 5.75 Å². The summed E-state index contributed by atoms with van der Waals surface area (Å²) in [6.45, 7) is 5.79. The number of piperidine rings is 1. The molecule has 2 heterocycles. The average molecular weight is 532 g/mol. The molecule has 1 saturated carbocycles. The largest absolute Gasteiger partial charge is 0.497 e. The molecule has 5 rings (SSSR count). The summed E-state index contributed by atoms with van der Waals surface area (Å²) in [6.07, 6.45) is 10.3. The molecule has 0 atom stereocenters. The van der Waals surface area contributed by atoms with Crippen molar-refractivity contribution in [1.29, 1.82) is 0 Å². The zero-order chi connectivity index (χ0) is 26.7. The van der Waals surface area contributed by atoms with Gasteiger partial charge in [-0.25, -0.2) is 4.98 Å². The average Bonchev–Trinajstić information content (AvgIpc) is 2.99. The fourth-order valence-corrected chi connectivity index (χ4v) is 5.60. The van der Waals surface area contributed by atoms with Gasteiger partial charge in [-0.2, -0.15) is 4.98 Å². The molecule has 5 N–H and O–H groups in total. The Kier molecular flexibility index (Phi) is 10.2. The van der Waals surface area contributed by atoms with Gasteiger partial charge in [0.25, 0.3) is 0 Å². The predicted molar refractivity (Wildman–Crippen MR) is 161 cm³/mol. The van der Waals surface area contributed by atoms with Crippen LogP contribution in [0.5, 0.6) is 5.75 Å². The number of rotatable bonds is 13. The number of nitrogens with one attached hydrogen (secondary N) is 5. The van der Waals surface area contributed by atoms with E-state index in [4.69, 9.17) is 14.7 Å². The maximum Gasteiger partial charge on any atom is 0.225 e. The van der Waals surface area contributed by atoms with E-state index in [9.17, 15) is 0 Å². The van der Waals surface area contributed by atoms with Gasteiger partial charge >= 0.3 is 0 Å². The van der Waals surface area contributed by atoms with Crippen molar-refractivity contribution < 1.29 is 4.74 Å². The first-order valence-electron chi connectivity index (χ1n) is 14.9. The summed E-state index contributed by atoms with van der Waals surface area (Å²) in [5.41, 5.74) is 3.39. The standard InChI is InChI=1S/C31H45N7O/c1-39-27-12-13-28-29(20-27)37-31(38-30(28)36-26-14-18-32-19-15-26)35-22-24-10-8-23(9-11-24)21-33-16-5-17-34-25-6-3-2-4-7-25/h8-13,20,25-26,32-34H,2-7,14-19,21-22H2,1H3,(H2,35,36,37,38). The van der Waals surface area contributed by atoms with Crippen LogP contribution in [0.3, 0.4) is 0 Å². The van der Waals surface area contributed by atoms with Crippen LogP contribution in [-0.4, -0.2) is 55.3 Å². The number of aromatic nitrogens is 2. The van der Waals surface area contributed by atoms with E-state index in [1.807, 2.05) is 18.2 Å². The molecule has 8 heteroatoms. The highest BCUT2D eigenvalue weighted by molar-refractivity contribution is 5.91. The van der Waals surface area contributed by atoms with Crippen molar-refractivity contribution >= 4 is 22.7 Å². The first kappa shape index (κ1) is 27.6. The normalized spacial score (nSPS) is 16.8. The Labute approximate surface area is 233 Å². The molecule has 210 valence electrons. The van der Waals surface area contributed by atoms with Crippen LogP contribution in [0.2, 0.25) is 0 Å². The summed E-state index contributed by atoms with van der Waals surface area (Å²) in [5.74, 6) is 2.30. The van der Waals surface area contributed by atoms with E-state index in [2.05, 4.69) is 50.8 Å². The molecule has 0 bridgehead atoms. The number of anilines is 2. The Balaban J connectivity index is 1.12. The first-order chi connectivity index (χ1) is 19.3. The zero-order valence-corrected chi connectivity index (χ0v) is 23.4. The van der Waals surface area contributed by atoms with Gasteiger partial charge in [-0.1, -0.05) is 43.5 Å². The van der Waals surface area contributed by atoms with Crippen LogP contribution >= 0.6 is 0 Å². The SMILES string of the molecule is COc1ccc2c(NC3CCNCC3)nc(NCc3ccc(CNCCCNC4CCCCC4)cc3)nc2c1. The molecule has 0 spiro atoms. The van der Waals surface area contributed by atoms with E-state index in [0.717, 1.165) is 74.1 Å². The van der Waals surface area contributed by atoms with Gasteiger partial charge in [0, 0.05) is 36.6 Å². The molecule has 8 nitrogen and oxygen atoms in total. The molecule has 1 aromatic heterocycles. The van der Waals surface area contributed by atoms with Crippen molar-refractivity contribution in [1.82, 2.24) is 25.9 Å². The van der Waals surface area contributed by atoms with E-state index < -0.39 is 0 Å². The van der Waals surface area contributed by atoms with E-state index in [-0.39, 0.29) is 0 Å². The highest BCUT2D eigenvalue weighted by atomic mass is 16.5. The third-order valence-corrected chi connectivity index (χ3v) is 7.96. The van der Waals surface area contributed by atoms with Crippen LogP contribution in [-0.2, 0) is 13.1 Å². The topological polar surface area (TPSA) is 95.2 Å². The molecule has 3 aromatic rings. The van der Waals surface area contributed by atoms with Gasteiger partial charge in [0.1, 0.15) is 11.6 Å². The number of benzene rings is 2. The maximum atomic E-state index is 5.45. The van der Waals surface area contributed by atoms with Crippen LogP contribution in [0.4, 0.5) is 11.8 Å². The van der Waals surface area contributed by atoms with Crippen molar-refractivity contribution in [2.45, 2.75) is 76.5 Å². The quantitative estimate of drug-likeness (QED) is 0.201. The highest BCUT2D eigenvalue weighted by Crippen LogP contribution is 2.27. The minimum Gasteiger partial charge on any atom is -0.497 e. The second kappa shape index (κ2) is 14.4. The fourth-order valence-electron chi connectivity index (χ4n) is 5.60. The zero-order valence-electron chi connectivity index (χ0n) is 23.4. The van der Waals surface area contributed by atoms with Crippen LogP contribution < -0.4 is 31.3 Å². The molecule has 2 fully saturated rings. The van der Waals surface area contributed by atoms with Crippen LogP contribution in [0.1, 0.15) is 62.5 Å². The van der Waals surface area contributed by atoms with Crippen LogP contribution in [0, 0.1) is 0 Å². The predicted octanol–water partition coefficient (Wildman–Crippen LogP) is 4.82. The van der Waals surface area contributed by atoms with Crippen LogP contribution in [0.25, 0.3) is 10.9 Å². The van der Waals surface area contributed by atoms with E-state index >= 15 is 0 Å². The second-order valence-corrected chi connectivity index (χ2v) is 10.9. The fraction of sp³-hybridized carbons (Fsp3) is 0.548. The lowest BCUT2D eigenvalue weighted by Gasteiger charge is -2.25. The molecule has 1 aliphatic carbocycles. The molecule has 0 amide bonds. The van der Waals surface area contributed by atoms with Gasteiger partial charge in [0.15, 0.2) is 0 Å². The molecule has 1 aliphatic heterocycles. The number of methoxy groups -OCH3 is 1. The number of hydrogen-bond acceptors (Lipinski definition) is 8. The summed E-state index contributed by atoms with van der Waals surface area (Å²) in [5, 5.41) is 18.9. The van der Waals surface area contributed by atoms with Crippen molar-refractivity contribution in [3.63, 3.8) is 0 Å². The molecule has 39 heavy (non-hydrogen) atoms. The summed E-state index contributed by atoms with van der Waals surface area (Å²) in [7, 11) is 1.68. The molecular weight excluding hydrogens is 486 g/mol. The molecule has 2 aromatic carbocycles. The Morgan fingerprint density at radius 3 is 2.38 bits per heavy atom. The summed E-state index contributed by atoms with van der Waals surface area (Å²) < 4.78 is 5.45. The lowest BCUT2D eigenvalue weighted by Crippen LogP contribution is -2.35. The minimum absolute atomic E-state index is 0.411. The number of ether oxygens (including phenoxy) is 1. The monoisotopic (exact) mass is 531 g/mol. The van der Waals surface area contributed by atoms with E-state index in [1.165, 1.54) is 49.7 Å². The Morgan fingerprint density at radius 1 is 0.846 bits per heavy atom. The molecule has 1 saturated heterocycles. The number of nitrogens with zero attached hydrogens (tertiary/aromatic N) is 2. The Bertz CT molecular complexity index is 1160. The number of hydrogen-bond donors (Lipinski definition) is 5. The maximum absolute atomic E-state index is 5.45. The molecule has 0 radical (unpaired) electrons. The van der Waals surface area contributed by atoms with Crippen molar-refractivity contribution in [3.05, 3.63) is 53.6 Å². The van der Waals surface area contributed by atoms with Crippen molar-refractivity contribution in [2.24, 2.45) is 0 Å². The Hall–Kier alpha value is -2.94. The molecule has 0 unspecified atom stereocenters. The van der Waals surface area contributed by atoms with Gasteiger partial charge < -0.3 is 31.3 Å². The molecular formula is C31H45N7O. The van der Waals surface area contributed by atoms with Gasteiger partial charge in [-0.05, 0) is 81.5 Å². The van der Waals surface area contributed by atoms with Gasteiger partial charge in [0.05, 0.1) is 12.6 Å². The van der Waals surface area contributed by atoms with E-state index in [0.29, 0.717) is 18.5 Å². The van der Waals surface area contributed by atoms with Gasteiger partial charge in [-0.3, -0.25) is 0 Å². The number of fused-ring (bicyclic) bond motifs is 1. The third-order valence-electron chi connectivity index (χ3n) is 7.96. The van der Waals surface area contributed by atoms with Crippen LogP contribution in [0.15, 0.2) is 42.5 Å². The minimum atomic E-state index is 0.411. The summed E-state index contributed by atoms with van der Waals surface area (Å²) in [6, 6.07) is 15.9. The lowest BCUT2D eigenvalue weighted by atomic mass is 9.95. The van der Waals surface area contributed by atoms with Gasteiger partial charge in [0.2, 0.25) is 5.95 Å². The first-order valence-corrected chi connectivity index (χ1v) is 14.9. The summed E-state index contributed by atoms with van der Waals surface area (Å²) >= 11 is 0. The molecule has 2 aliphatic rings.